The van der Waals surface area contributed by atoms with Crippen LogP contribution in [0.1, 0.15) is 29.5 Å². The molecule has 0 spiro atoms. The second kappa shape index (κ2) is 6.13. The molecule has 0 atom stereocenters. The lowest BCUT2D eigenvalue weighted by Crippen LogP contribution is -2.34. The van der Waals surface area contributed by atoms with Gasteiger partial charge in [-0.25, -0.2) is 4.98 Å². The van der Waals surface area contributed by atoms with Crippen molar-refractivity contribution in [2.24, 2.45) is 0 Å². The van der Waals surface area contributed by atoms with Crippen molar-refractivity contribution >= 4 is 17.2 Å². The molecule has 1 aromatic heterocycles. The molecule has 1 aliphatic heterocycles. The van der Waals surface area contributed by atoms with E-state index in [0.717, 1.165) is 45.9 Å². The van der Waals surface area contributed by atoms with E-state index in [-0.39, 0.29) is 0 Å². The first-order valence-corrected chi connectivity index (χ1v) is 9.22. The Balaban J connectivity index is 1.72. The van der Waals surface area contributed by atoms with Gasteiger partial charge in [-0.15, -0.1) is 0 Å². The Bertz CT molecular complexity index is 1090. The van der Waals surface area contributed by atoms with Crippen LogP contribution in [0.15, 0.2) is 83.3 Å². The van der Waals surface area contributed by atoms with Gasteiger partial charge < -0.3 is 9.15 Å². The maximum atomic E-state index is 6.67. The summed E-state index contributed by atoms with van der Waals surface area (Å²) in [5.74, 6) is 1.55. The predicted octanol–water partition coefficient (Wildman–Crippen LogP) is 5.74. The van der Waals surface area contributed by atoms with Crippen molar-refractivity contribution < 1.29 is 9.15 Å². The second-order valence-electron chi connectivity index (χ2n) is 6.69. The van der Waals surface area contributed by atoms with Gasteiger partial charge in [0.2, 0.25) is 0 Å². The van der Waals surface area contributed by atoms with E-state index in [1.165, 1.54) is 0 Å². The highest BCUT2D eigenvalue weighted by Crippen LogP contribution is 2.44. The van der Waals surface area contributed by atoms with Crippen LogP contribution in [-0.2, 0) is 12.0 Å². The third-order valence-corrected chi connectivity index (χ3v) is 5.06. The van der Waals surface area contributed by atoms with Crippen LogP contribution in [0.2, 0.25) is 0 Å². The smallest absolute Gasteiger partial charge is 0.195 e. The van der Waals surface area contributed by atoms with Crippen molar-refractivity contribution in [2.45, 2.75) is 18.9 Å². The van der Waals surface area contributed by atoms with Crippen LogP contribution in [0.4, 0.5) is 0 Å². The average molecular weight is 353 g/mol. The first-order chi connectivity index (χ1) is 13.3. The third-order valence-electron chi connectivity index (χ3n) is 5.06. The number of ether oxygens (including phenoxy) is 1. The van der Waals surface area contributed by atoms with E-state index in [4.69, 9.17) is 9.15 Å². The molecule has 0 aliphatic carbocycles. The van der Waals surface area contributed by atoms with Crippen LogP contribution in [-0.4, -0.2) is 4.98 Å². The SMILES string of the molecule is CCc1nc2ccc3c(c2o1)C=CC(c1ccccc1)(c1ccccc1)O3. The molecule has 2 heterocycles. The zero-order valence-corrected chi connectivity index (χ0v) is 15.1. The molecule has 0 N–H and O–H groups in total. The number of aromatic nitrogens is 1. The number of hydrogen-bond donors (Lipinski definition) is 0. The van der Waals surface area contributed by atoms with Gasteiger partial charge in [-0.3, -0.25) is 0 Å². The van der Waals surface area contributed by atoms with E-state index >= 15 is 0 Å². The van der Waals surface area contributed by atoms with Crippen LogP contribution >= 0.6 is 0 Å². The number of benzene rings is 3. The van der Waals surface area contributed by atoms with Crippen LogP contribution < -0.4 is 4.74 Å². The number of rotatable bonds is 3. The van der Waals surface area contributed by atoms with E-state index in [9.17, 15) is 0 Å². The molecule has 3 aromatic carbocycles. The summed E-state index contributed by atoms with van der Waals surface area (Å²) in [5.41, 5.74) is 4.11. The molecule has 0 radical (unpaired) electrons. The highest BCUT2D eigenvalue weighted by molar-refractivity contribution is 5.87. The molecule has 3 nitrogen and oxygen atoms in total. The largest absolute Gasteiger partial charge is 0.473 e. The minimum absolute atomic E-state index is 0.670. The fraction of sp³-hybridized carbons (Fsp3) is 0.125. The summed E-state index contributed by atoms with van der Waals surface area (Å²) in [4.78, 5) is 4.54. The van der Waals surface area contributed by atoms with Gasteiger partial charge in [-0.2, -0.15) is 0 Å². The normalized spacial score (nSPS) is 14.7. The Hall–Kier alpha value is -3.33. The molecule has 5 rings (SSSR count). The highest BCUT2D eigenvalue weighted by atomic mass is 16.5. The minimum atomic E-state index is -0.670. The maximum Gasteiger partial charge on any atom is 0.195 e. The summed E-state index contributed by atoms with van der Waals surface area (Å²) in [6.07, 6.45) is 4.99. The Morgan fingerprint density at radius 1 is 0.852 bits per heavy atom. The van der Waals surface area contributed by atoms with Gasteiger partial charge in [0.05, 0.1) is 5.56 Å². The highest BCUT2D eigenvalue weighted by Gasteiger charge is 2.37. The Morgan fingerprint density at radius 2 is 1.52 bits per heavy atom. The Labute approximate surface area is 157 Å². The number of nitrogens with zero attached hydrogens (tertiary/aromatic N) is 1. The fourth-order valence-corrected chi connectivity index (χ4v) is 3.69. The number of aryl methyl sites for hydroxylation is 1. The van der Waals surface area contributed by atoms with Crippen molar-refractivity contribution in [1.29, 1.82) is 0 Å². The van der Waals surface area contributed by atoms with Crippen LogP contribution in [0.3, 0.4) is 0 Å². The van der Waals surface area contributed by atoms with Crippen molar-refractivity contribution in [2.75, 3.05) is 0 Å². The fourth-order valence-electron chi connectivity index (χ4n) is 3.69. The van der Waals surface area contributed by atoms with Crippen molar-refractivity contribution in [3.63, 3.8) is 0 Å². The number of fused-ring (bicyclic) bond motifs is 3. The lowest BCUT2D eigenvalue weighted by Gasteiger charge is -2.36. The zero-order chi connectivity index (χ0) is 18.3. The van der Waals surface area contributed by atoms with E-state index in [1.54, 1.807) is 0 Å². The first kappa shape index (κ1) is 15.9. The van der Waals surface area contributed by atoms with Crippen LogP contribution in [0, 0.1) is 0 Å². The van der Waals surface area contributed by atoms with Crippen LogP contribution in [0.5, 0.6) is 5.75 Å². The van der Waals surface area contributed by atoms with Crippen molar-refractivity contribution in [3.05, 3.63) is 101 Å². The van der Waals surface area contributed by atoms with Crippen molar-refractivity contribution in [1.82, 2.24) is 4.98 Å². The molecule has 27 heavy (non-hydrogen) atoms. The summed E-state index contributed by atoms with van der Waals surface area (Å²) in [7, 11) is 0. The van der Waals surface area contributed by atoms with Gasteiger partial charge in [0, 0.05) is 17.5 Å². The van der Waals surface area contributed by atoms with E-state index in [0.29, 0.717) is 0 Å². The molecule has 0 saturated carbocycles. The zero-order valence-electron chi connectivity index (χ0n) is 15.1. The molecule has 0 bridgehead atoms. The molecule has 132 valence electrons. The second-order valence-corrected chi connectivity index (χ2v) is 6.69. The van der Waals surface area contributed by atoms with Gasteiger partial charge in [0.25, 0.3) is 0 Å². The molecule has 1 aliphatic rings. The van der Waals surface area contributed by atoms with Crippen LogP contribution in [0.25, 0.3) is 17.2 Å². The Kier molecular flexibility index (Phi) is 3.61. The van der Waals surface area contributed by atoms with E-state index in [1.807, 2.05) is 55.5 Å². The molecule has 0 amide bonds. The maximum absolute atomic E-state index is 6.67. The molecular formula is C24H19NO2. The molecular weight excluding hydrogens is 334 g/mol. The monoisotopic (exact) mass is 353 g/mol. The quantitative estimate of drug-likeness (QED) is 0.471. The summed E-state index contributed by atoms with van der Waals surface area (Å²) >= 11 is 0. The predicted molar refractivity (Wildman–Crippen MR) is 107 cm³/mol. The first-order valence-electron chi connectivity index (χ1n) is 9.22. The molecule has 0 fully saturated rings. The third kappa shape index (κ3) is 2.47. The number of oxazole rings is 1. The van der Waals surface area contributed by atoms with Gasteiger partial charge in [-0.1, -0.05) is 67.6 Å². The average Bonchev–Trinajstić information content (AvgIpc) is 3.18. The van der Waals surface area contributed by atoms with Gasteiger partial charge in [-0.05, 0) is 24.3 Å². The molecule has 3 heteroatoms. The summed E-state index contributed by atoms with van der Waals surface area (Å²) in [6, 6.07) is 24.6. The molecule has 0 unspecified atom stereocenters. The summed E-state index contributed by atoms with van der Waals surface area (Å²) in [6.45, 7) is 2.04. The van der Waals surface area contributed by atoms with Gasteiger partial charge in [0.1, 0.15) is 11.3 Å². The van der Waals surface area contributed by atoms with E-state index < -0.39 is 5.60 Å². The Morgan fingerprint density at radius 3 is 2.15 bits per heavy atom. The van der Waals surface area contributed by atoms with Gasteiger partial charge >= 0.3 is 0 Å². The van der Waals surface area contributed by atoms with Crippen molar-refractivity contribution in [3.8, 4) is 5.75 Å². The lowest BCUT2D eigenvalue weighted by atomic mass is 9.83. The summed E-state index contributed by atoms with van der Waals surface area (Å²) in [5, 5.41) is 0. The summed E-state index contributed by atoms with van der Waals surface area (Å²) < 4.78 is 12.6. The molecule has 0 saturated heterocycles. The lowest BCUT2D eigenvalue weighted by molar-refractivity contribution is 0.161. The van der Waals surface area contributed by atoms with E-state index in [2.05, 4.69) is 41.4 Å². The minimum Gasteiger partial charge on any atom is -0.473 e. The standard InChI is InChI=1S/C24H19NO2/c1-2-22-25-20-13-14-21-19(23(20)26-22)15-16-24(27-21,17-9-5-3-6-10-17)18-11-7-4-8-12-18/h3-16H,2H2,1H3. The molecule has 4 aromatic rings. The topological polar surface area (TPSA) is 35.3 Å². The van der Waals surface area contributed by atoms with Gasteiger partial charge in [0.15, 0.2) is 17.1 Å². The number of hydrogen-bond acceptors (Lipinski definition) is 3.